The highest BCUT2D eigenvalue weighted by Crippen LogP contribution is 2.38. The van der Waals surface area contributed by atoms with Gasteiger partial charge in [0.25, 0.3) is 0 Å². The fourth-order valence-corrected chi connectivity index (χ4v) is 4.01. The van der Waals surface area contributed by atoms with E-state index in [0.29, 0.717) is 6.04 Å². The van der Waals surface area contributed by atoms with Crippen LogP contribution in [-0.2, 0) is 6.42 Å². The zero-order chi connectivity index (χ0) is 12.7. The van der Waals surface area contributed by atoms with E-state index in [1.54, 1.807) is 4.88 Å². The minimum Gasteiger partial charge on any atom is -0.310 e. The van der Waals surface area contributed by atoms with E-state index in [9.17, 15) is 0 Å². The summed E-state index contributed by atoms with van der Waals surface area (Å²) in [5.74, 6) is 0. The molecule has 1 aliphatic rings. The fraction of sp³-hybridized carbons (Fsp3) is 0.375. The van der Waals surface area contributed by atoms with Gasteiger partial charge in [0.2, 0.25) is 0 Å². The lowest BCUT2D eigenvalue weighted by molar-refractivity contribution is 0.547. The average molecular weight is 257 g/mol. The molecule has 0 amide bonds. The monoisotopic (exact) mass is 257 g/mol. The van der Waals surface area contributed by atoms with E-state index in [2.05, 4.69) is 50.4 Å². The van der Waals surface area contributed by atoms with E-state index in [4.69, 9.17) is 0 Å². The number of fused-ring (bicyclic) bond motifs is 1. The Morgan fingerprint density at radius 1 is 1.28 bits per heavy atom. The Kier molecular flexibility index (Phi) is 3.00. The highest BCUT2D eigenvalue weighted by atomic mass is 32.1. The van der Waals surface area contributed by atoms with E-state index in [-0.39, 0.29) is 0 Å². The molecule has 18 heavy (non-hydrogen) atoms. The molecule has 0 radical (unpaired) electrons. The van der Waals surface area contributed by atoms with Crippen molar-refractivity contribution in [2.45, 2.75) is 33.2 Å². The molecule has 0 bridgehead atoms. The molecule has 94 valence electrons. The van der Waals surface area contributed by atoms with Gasteiger partial charge in [-0.2, -0.15) is 0 Å². The topological polar surface area (TPSA) is 12.0 Å². The number of benzene rings is 1. The van der Waals surface area contributed by atoms with Crippen LogP contribution in [0.5, 0.6) is 0 Å². The first kappa shape index (κ1) is 11.9. The van der Waals surface area contributed by atoms with Gasteiger partial charge in [-0.15, -0.1) is 11.3 Å². The molecule has 1 aromatic heterocycles. The molecule has 0 aliphatic carbocycles. The zero-order valence-corrected chi connectivity index (χ0v) is 12.0. The Morgan fingerprint density at radius 3 is 2.89 bits per heavy atom. The van der Waals surface area contributed by atoms with Crippen LogP contribution in [0.4, 0.5) is 0 Å². The lowest BCUT2D eigenvalue weighted by Gasteiger charge is -2.19. The van der Waals surface area contributed by atoms with Gasteiger partial charge in [0.05, 0.1) is 0 Å². The fourth-order valence-electron chi connectivity index (χ4n) is 2.67. The molecule has 1 aliphatic heterocycles. The maximum Gasteiger partial charge on any atom is 0.0351 e. The van der Waals surface area contributed by atoms with Gasteiger partial charge < -0.3 is 5.32 Å². The van der Waals surface area contributed by atoms with Crippen molar-refractivity contribution in [3.8, 4) is 10.4 Å². The van der Waals surface area contributed by atoms with Crippen molar-refractivity contribution < 1.29 is 0 Å². The molecule has 0 saturated heterocycles. The van der Waals surface area contributed by atoms with Crippen molar-refractivity contribution >= 4 is 11.3 Å². The summed E-state index contributed by atoms with van der Waals surface area (Å²) in [7, 11) is 0. The Hall–Kier alpha value is -1.12. The number of nitrogens with one attached hydrogen (secondary N) is 1. The number of hydrogen-bond acceptors (Lipinski definition) is 2. The van der Waals surface area contributed by atoms with Crippen molar-refractivity contribution in [2.24, 2.45) is 0 Å². The third kappa shape index (κ3) is 1.90. The van der Waals surface area contributed by atoms with Crippen LogP contribution in [0.15, 0.2) is 24.3 Å². The average Bonchev–Trinajstić information content (AvgIpc) is 2.78. The second kappa shape index (κ2) is 4.52. The van der Waals surface area contributed by atoms with Crippen LogP contribution in [0.25, 0.3) is 10.4 Å². The van der Waals surface area contributed by atoms with Crippen LogP contribution in [0.3, 0.4) is 0 Å². The SMILES string of the molecule is Cc1cccc(-c2cc3c(s2)CCNC3C)c1C. The minimum atomic E-state index is 0.504. The van der Waals surface area contributed by atoms with Crippen molar-refractivity contribution in [1.29, 1.82) is 0 Å². The third-order valence-corrected chi connectivity index (χ3v) is 5.22. The van der Waals surface area contributed by atoms with E-state index in [0.717, 1.165) is 6.54 Å². The summed E-state index contributed by atoms with van der Waals surface area (Å²) in [5.41, 5.74) is 5.70. The lowest BCUT2D eigenvalue weighted by Crippen LogP contribution is -2.26. The second-order valence-electron chi connectivity index (χ2n) is 5.16. The Bertz CT molecular complexity index is 583. The molecule has 2 aromatic rings. The molecule has 0 fully saturated rings. The van der Waals surface area contributed by atoms with Gasteiger partial charge in [-0.25, -0.2) is 0 Å². The summed E-state index contributed by atoms with van der Waals surface area (Å²) in [6.45, 7) is 7.79. The second-order valence-corrected chi connectivity index (χ2v) is 6.30. The van der Waals surface area contributed by atoms with Crippen LogP contribution in [0.2, 0.25) is 0 Å². The molecule has 1 atom stereocenters. The zero-order valence-electron chi connectivity index (χ0n) is 11.2. The molecule has 1 unspecified atom stereocenters. The Labute approximate surface area is 113 Å². The van der Waals surface area contributed by atoms with Crippen LogP contribution in [0, 0.1) is 13.8 Å². The first-order chi connectivity index (χ1) is 8.66. The normalized spacial score (nSPS) is 18.7. The minimum absolute atomic E-state index is 0.504. The quantitative estimate of drug-likeness (QED) is 0.806. The molecular formula is C16H19NS. The highest BCUT2D eigenvalue weighted by Gasteiger charge is 2.20. The van der Waals surface area contributed by atoms with Gasteiger partial charge in [-0.1, -0.05) is 18.2 Å². The summed E-state index contributed by atoms with van der Waals surface area (Å²) >= 11 is 1.98. The van der Waals surface area contributed by atoms with Crippen LogP contribution in [-0.4, -0.2) is 6.54 Å². The predicted octanol–water partition coefficient (Wildman–Crippen LogP) is 4.24. The Balaban J connectivity index is 2.10. The molecule has 1 nitrogen and oxygen atoms in total. The molecule has 3 rings (SSSR count). The lowest BCUT2D eigenvalue weighted by atomic mass is 9.99. The van der Waals surface area contributed by atoms with Crippen LogP contribution >= 0.6 is 11.3 Å². The predicted molar refractivity (Wildman–Crippen MR) is 79.4 cm³/mol. The van der Waals surface area contributed by atoms with Crippen molar-refractivity contribution in [3.05, 3.63) is 45.8 Å². The number of hydrogen-bond donors (Lipinski definition) is 1. The maximum absolute atomic E-state index is 3.54. The molecule has 0 spiro atoms. The standard InChI is InChI=1S/C16H19NS/c1-10-5-4-6-13(11(10)2)16-9-14-12(3)17-8-7-15(14)18-16/h4-6,9,12,17H,7-8H2,1-3H3. The summed E-state index contributed by atoms with van der Waals surface area (Å²) < 4.78 is 0. The summed E-state index contributed by atoms with van der Waals surface area (Å²) in [4.78, 5) is 2.99. The van der Waals surface area contributed by atoms with Gasteiger partial charge in [-0.05, 0) is 55.5 Å². The highest BCUT2D eigenvalue weighted by molar-refractivity contribution is 7.15. The van der Waals surface area contributed by atoms with Gasteiger partial charge >= 0.3 is 0 Å². The third-order valence-electron chi connectivity index (χ3n) is 3.98. The molecule has 1 N–H and O–H groups in total. The van der Waals surface area contributed by atoms with Crippen molar-refractivity contribution in [2.75, 3.05) is 6.54 Å². The van der Waals surface area contributed by atoms with Gasteiger partial charge in [-0.3, -0.25) is 0 Å². The summed E-state index contributed by atoms with van der Waals surface area (Å²) in [6.07, 6.45) is 1.18. The number of aryl methyl sites for hydroxylation is 1. The smallest absolute Gasteiger partial charge is 0.0351 e. The van der Waals surface area contributed by atoms with E-state index < -0.39 is 0 Å². The number of thiophene rings is 1. The van der Waals surface area contributed by atoms with Gasteiger partial charge in [0.1, 0.15) is 0 Å². The first-order valence-corrected chi connectivity index (χ1v) is 7.41. The van der Waals surface area contributed by atoms with Crippen LogP contribution < -0.4 is 5.32 Å². The summed E-state index contributed by atoms with van der Waals surface area (Å²) in [5, 5.41) is 3.54. The number of rotatable bonds is 1. The molecule has 2 heterocycles. The van der Waals surface area contributed by atoms with E-state index in [1.807, 2.05) is 11.3 Å². The maximum atomic E-state index is 3.54. The van der Waals surface area contributed by atoms with Crippen LogP contribution in [0.1, 0.15) is 34.5 Å². The van der Waals surface area contributed by atoms with Crippen molar-refractivity contribution in [1.82, 2.24) is 5.32 Å². The summed E-state index contributed by atoms with van der Waals surface area (Å²) in [6, 6.07) is 9.49. The molecule has 0 saturated carbocycles. The van der Waals surface area contributed by atoms with Gasteiger partial charge in [0.15, 0.2) is 0 Å². The molecule has 2 heteroatoms. The molecular weight excluding hydrogens is 238 g/mol. The van der Waals surface area contributed by atoms with E-state index >= 15 is 0 Å². The largest absolute Gasteiger partial charge is 0.310 e. The Morgan fingerprint density at radius 2 is 2.11 bits per heavy atom. The van der Waals surface area contributed by atoms with Gasteiger partial charge in [0, 0.05) is 22.3 Å². The van der Waals surface area contributed by atoms with E-state index in [1.165, 1.54) is 33.6 Å². The first-order valence-electron chi connectivity index (χ1n) is 6.59. The molecule has 1 aromatic carbocycles. The van der Waals surface area contributed by atoms with Crippen molar-refractivity contribution in [3.63, 3.8) is 0 Å².